The molecule has 0 fully saturated rings. The predicted octanol–water partition coefficient (Wildman–Crippen LogP) is 5.64. The van der Waals surface area contributed by atoms with Crippen molar-refractivity contribution in [3.05, 3.63) is 69.7 Å². The molecule has 0 aliphatic heterocycles. The number of nitrogens with zero attached hydrogens (tertiary/aromatic N) is 1. The Morgan fingerprint density at radius 2 is 1.59 bits per heavy atom. The lowest BCUT2D eigenvalue weighted by Gasteiger charge is -2.17. The maximum Gasteiger partial charge on any atom is 0.152 e. The summed E-state index contributed by atoms with van der Waals surface area (Å²) in [4.78, 5) is 0. The molecular formula is C21H19BrN4O. The Kier molecular flexibility index (Phi) is 5.24. The molecule has 0 radical (unpaired) electrons. The summed E-state index contributed by atoms with van der Waals surface area (Å²) in [6.45, 7) is 3.96. The van der Waals surface area contributed by atoms with Gasteiger partial charge in [0, 0.05) is 16.2 Å². The zero-order valence-corrected chi connectivity index (χ0v) is 16.6. The highest BCUT2D eigenvalue weighted by molar-refractivity contribution is 9.10. The van der Waals surface area contributed by atoms with Crippen LogP contribution < -0.4 is 21.5 Å². The molecule has 5 N–H and O–H groups in total. The number of nitrogen functional groups attached to an aromatic ring is 2. The van der Waals surface area contributed by atoms with E-state index in [1.807, 2.05) is 38.1 Å². The predicted molar refractivity (Wildman–Crippen MR) is 113 cm³/mol. The van der Waals surface area contributed by atoms with Crippen molar-refractivity contribution in [1.82, 2.24) is 0 Å². The lowest BCUT2D eigenvalue weighted by Crippen LogP contribution is -2.01. The van der Waals surface area contributed by atoms with Crippen molar-refractivity contribution in [3.63, 3.8) is 0 Å². The fourth-order valence-electron chi connectivity index (χ4n) is 2.76. The van der Waals surface area contributed by atoms with Gasteiger partial charge in [-0.05, 0) is 67.4 Å². The highest BCUT2D eigenvalue weighted by Gasteiger charge is 2.12. The minimum Gasteiger partial charge on any atom is -0.455 e. The van der Waals surface area contributed by atoms with Crippen LogP contribution in [0.4, 0.5) is 22.7 Å². The number of hydrogen-bond acceptors (Lipinski definition) is 5. The first-order chi connectivity index (χ1) is 12.9. The van der Waals surface area contributed by atoms with E-state index >= 15 is 0 Å². The van der Waals surface area contributed by atoms with Crippen LogP contribution in [0.2, 0.25) is 0 Å². The monoisotopic (exact) mass is 422 g/mol. The standard InChI is InChI=1S/C21H19BrN4O/c1-12-7-15(22)8-13(2)21(12)27-20-10-17(24)19(9-18(20)25)26-16-5-3-14(11-23)4-6-16/h3-10,26H,24-25H2,1-2H3. The van der Waals surface area contributed by atoms with Crippen molar-refractivity contribution < 1.29 is 4.74 Å². The highest BCUT2D eigenvalue weighted by atomic mass is 79.9. The average molecular weight is 423 g/mol. The van der Waals surface area contributed by atoms with Crippen molar-refractivity contribution in [2.75, 3.05) is 16.8 Å². The maximum absolute atomic E-state index is 8.88. The summed E-state index contributed by atoms with van der Waals surface area (Å²) in [5.74, 6) is 1.27. The van der Waals surface area contributed by atoms with E-state index in [1.165, 1.54) is 0 Å². The van der Waals surface area contributed by atoms with Gasteiger partial charge in [-0.25, -0.2) is 0 Å². The maximum atomic E-state index is 8.88. The van der Waals surface area contributed by atoms with Gasteiger partial charge in [0.25, 0.3) is 0 Å². The van der Waals surface area contributed by atoms with Crippen molar-refractivity contribution in [2.24, 2.45) is 0 Å². The van der Waals surface area contributed by atoms with Gasteiger partial charge in [-0.15, -0.1) is 0 Å². The van der Waals surface area contributed by atoms with Crippen LogP contribution in [-0.2, 0) is 0 Å². The normalized spacial score (nSPS) is 10.3. The third-order valence-corrected chi connectivity index (χ3v) is 4.57. The minimum absolute atomic E-state index is 0.474. The summed E-state index contributed by atoms with van der Waals surface area (Å²) in [7, 11) is 0. The molecule has 3 aromatic rings. The van der Waals surface area contributed by atoms with Crippen molar-refractivity contribution in [1.29, 1.82) is 5.26 Å². The number of halogens is 1. The van der Waals surface area contributed by atoms with E-state index < -0.39 is 0 Å². The molecule has 0 amide bonds. The highest BCUT2D eigenvalue weighted by Crippen LogP contribution is 2.38. The fourth-order valence-corrected chi connectivity index (χ4v) is 3.45. The number of nitrogens with one attached hydrogen (secondary N) is 1. The largest absolute Gasteiger partial charge is 0.455 e. The van der Waals surface area contributed by atoms with Crippen molar-refractivity contribution >= 4 is 38.7 Å². The van der Waals surface area contributed by atoms with Crippen LogP contribution in [0.15, 0.2) is 53.0 Å². The number of anilines is 4. The van der Waals surface area contributed by atoms with Crippen LogP contribution in [0.1, 0.15) is 16.7 Å². The molecule has 0 aliphatic carbocycles. The van der Waals surface area contributed by atoms with Crippen LogP contribution >= 0.6 is 15.9 Å². The molecule has 136 valence electrons. The van der Waals surface area contributed by atoms with Gasteiger partial charge < -0.3 is 21.5 Å². The van der Waals surface area contributed by atoms with Crippen LogP contribution in [0.25, 0.3) is 0 Å². The molecule has 6 heteroatoms. The molecule has 0 saturated heterocycles. The second-order valence-electron chi connectivity index (χ2n) is 6.26. The van der Waals surface area contributed by atoms with E-state index in [2.05, 4.69) is 27.3 Å². The molecule has 27 heavy (non-hydrogen) atoms. The molecule has 0 aromatic heterocycles. The minimum atomic E-state index is 0.474. The van der Waals surface area contributed by atoms with Gasteiger partial charge in [0.15, 0.2) is 5.75 Å². The molecule has 0 heterocycles. The smallest absolute Gasteiger partial charge is 0.152 e. The SMILES string of the molecule is Cc1cc(Br)cc(C)c1Oc1cc(N)c(Nc2ccc(C#N)cc2)cc1N. The molecule has 3 aromatic carbocycles. The molecule has 5 nitrogen and oxygen atoms in total. The van der Waals surface area contributed by atoms with E-state index in [9.17, 15) is 0 Å². The lowest BCUT2D eigenvalue weighted by atomic mass is 10.1. The Bertz CT molecular complexity index is 1020. The van der Waals surface area contributed by atoms with Crippen LogP contribution in [0, 0.1) is 25.2 Å². The summed E-state index contributed by atoms with van der Waals surface area (Å²) in [6, 6.07) is 16.6. The molecule has 0 aliphatic rings. The van der Waals surface area contributed by atoms with E-state index in [0.717, 1.165) is 27.0 Å². The molecular weight excluding hydrogens is 404 g/mol. The third kappa shape index (κ3) is 4.15. The number of hydrogen-bond donors (Lipinski definition) is 3. The van der Waals surface area contributed by atoms with Gasteiger partial charge in [-0.2, -0.15) is 5.26 Å². The van der Waals surface area contributed by atoms with E-state index in [0.29, 0.717) is 28.4 Å². The van der Waals surface area contributed by atoms with Gasteiger partial charge in [0.05, 0.1) is 28.7 Å². The lowest BCUT2D eigenvalue weighted by molar-refractivity contribution is 0.477. The topological polar surface area (TPSA) is 97.1 Å². The summed E-state index contributed by atoms with van der Waals surface area (Å²) >= 11 is 3.48. The third-order valence-electron chi connectivity index (χ3n) is 4.11. The second-order valence-corrected chi connectivity index (χ2v) is 7.18. The molecule has 3 rings (SSSR count). The second kappa shape index (κ2) is 7.60. The Hall–Kier alpha value is -3.17. The fraction of sp³-hybridized carbons (Fsp3) is 0.0952. The van der Waals surface area contributed by atoms with E-state index in [-0.39, 0.29) is 0 Å². The van der Waals surface area contributed by atoms with Crippen LogP contribution in [0.3, 0.4) is 0 Å². The van der Waals surface area contributed by atoms with E-state index in [4.69, 9.17) is 21.5 Å². The number of nitrogens with two attached hydrogens (primary N) is 2. The molecule has 0 bridgehead atoms. The van der Waals surface area contributed by atoms with Crippen LogP contribution in [0.5, 0.6) is 11.5 Å². The number of rotatable bonds is 4. The van der Waals surface area contributed by atoms with Crippen LogP contribution in [-0.4, -0.2) is 0 Å². The molecule has 0 unspecified atom stereocenters. The first-order valence-electron chi connectivity index (χ1n) is 8.28. The first kappa shape index (κ1) is 18.6. The van der Waals surface area contributed by atoms with Gasteiger partial charge in [0.1, 0.15) is 5.75 Å². The summed E-state index contributed by atoms with van der Waals surface area (Å²) in [5.41, 5.74) is 17.5. The van der Waals surface area contributed by atoms with Gasteiger partial charge in [-0.1, -0.05) is 15.9 Å². The Balaban J connectivity index is 1.88. The van der Waals surface area contributed by atoms with Gasteiger partial charge in [-0.3, -0.25) is 0 Å². The number of nitriles is 1. The zero-order valence-electron chi connectivity index (χ0n) is 15.0. The summed E-state index contributed by atoms with van der Waals surface area (Å²) in [6.07, 6.45) is 0. The van der Waals surface area contributed by atoms with Gasteiger partial charge >= 0.3 is 0 Å². The number of aryl methyl sites for hydroxylation is 2. The van der Waals surface area contributed by atoms with Gasteiger partial charge in [0.2, 0.25) is 0 Å². The molecule has 0 atom stereocenters. The zero-order chi connectivity index (χ0) is 19.6. The molecule has 0 saturated carbocycles. The molecule has 0 spiro atoms. The summed E-state index contributed by atoms with van der Waals surface area (Å²) < 4.78 is 7.05. The average Bonchev–Trinajstić information content (AvgIpc) is 2.62. The van der Waals surface area contributed by atoms with E-state index in [1.54, 1.807) is 24.3 Å². The Labute approximate surface area is 166 Å². The summed E-state index contributed by atoms with van der Waals surface area (Å²) in [5, 5.41) is 12.1. The number of benzene rings is 3. The van der Waals surface area contributed by atoms with Crippen molar-refractivity contribution in [3.8, 4) is 17.6 Å². The van der Waals surface area contributed by atoms with Crippen molar-refractivity contribution in [2.45, 2.75) is 13.8 Å². The Morgan fingerprint density at radius 1 is 0.963 bits per heavy atom. The quantitative estimate of drug-likeness (QED) is 0.472. The first-order valence-corrected chi connectivity index (χ1v) is 9.07. The number of ether oxygens (including phenoxy) is 1. The Morgan fingerprint density at radius 3 is 2.19 bits per heavy atom.